The second-order valence-corrected chi connectivity index (χ2v) is 3.92. The molecule has 0 saturated heterocycles. The van der Waals surface area contributed by atoms with Crippen LogP contribution in [0.4, 0.5) is 4.79 Å². The van der Waals surface area contributed by atoms with Crippen molar-refractivity contribution in [2.24, 2.45) is 10.9 Å². The Morgan fingerprint density at radius 1 is 1.12 bits per heavy atom. The normalized spacial score (nSPS) is 18.2. The molecule has 0 aromatic rings. The highest BCUT2D eigenvalue weighted by Crippen LogP contribution is 2.25. The number of carbonyl (C=O) groups excluding carboxylic acids is 1. The molecule has 4 nitrogen and oxygen atoms in total. The van der Waals surface area contributed by atoms with Crippen LogP contribution in [-0.2, 0) is 9.47 Å². The van der Waals surface area contributed by atoms with E-state index in [0.717, 1.165) is 12.8 Å². The molecule has 0 bridgehead atoms. The number of carbonyl (C=O) groups is 1. The van der Waals surface area contributed by atoms with Gasteiger partial charge in [-0.3, -0.25) is 0 Å². The van der Waals surface area contributed by atoms with E-state index in [1.807, 2.05) is 6.92 Å². The molecule has 0 aliphatic heterocycles. The van der Waals surface area contributed by atoms with Gasteiger partial charge in [0.2, 0.25) is 0 Å². The first-order valence-electron chi connectivity index (χ1n) is 6.16. The van der Waals surface area contributed by atoms with Crippen molar-refractivity contribution in [1.29, 1.82) is 0 Å². The standard InChI is InChI=1S/C12H21NO3/c1-3-15-11(13-12(14)16-4-2)10-8-6-5-7-9-10/h10H,3-9H2,1-2H3. The largest absolute Gasteiger partial charge is 0.481 e. The van der Waals surface area contributed by atoms with Crippen molar-refractivity contribution in [3.8, 4) is 0 Å². The predicted molar refractivity (Wildman–Crippen MR) is 62.7 cm³/mol. The summed E-state index contributed by atoms with van der Waals surface area (Å²) >= 11 is 0. The van der Waals surface area contributed by atoms with Crippen molar-refractivity contribution < 1.29 is 14.3 Å². The van der Waals surface area contributed by atoms with Crippen molar-refractivity contribution in [2.45, 2.75) is 46.0 Å². The van der Waals surface area contributed by atoms with Gasteiger partial charge in [0.05, 0.1) is 13.2 Å². The van der Waals surface area contributed by atoms with Crippen molar-refractivity contribution in [3.63, 3.8) is 0 Å². The highest BCUT2D eigenvalue weighted by atomic mass is 16.6. The Balaban J connectivity index is 2.60. The van der Waals surface area contributed by atoms with Crippen LogP contribution < -0.4 is 0 Å². The molecule has 1 fully saturated rings. The Kier molecular flexibility index (Phi) is 5.90. The summed E-state index contributed by atoms with van der Waals surface area (Å²) in [5.41, 5.74) is 0. The van der Waals surface area contributed by atoms with Crippen LogP contribution in [-0.4, -0.2) is 25.2 Å². The zero-order chi connectivity index (χ0) is 11.8. The van der Waals surface area contributed by atoms with E-state index in [1.165, 1.54) is 19.3 Å². The van der Waals surface area contributed by atoms with Crippen LogP contribution in [0.1, 0.15) is 46.0 Å². The molecule has 0 aromatic heterocycles. The van der Waals surface area contributed by atoms with E-state index in [4.69, 9.17) is 9.47 Å². The van der Waals surface area contributed by atoms with E-state index in [2.05, 4.69) is 4.99 Å². The van der Waals surface area contributed by atoms with Crippen molar-refractivity contribution in [3.05, 3.63) is 0 Å². The van der Waals surface area contributed by atoms with Crippen LogP contribution in [0.15, 0.2) is 4.99 Å². The zero-order valence-electron chi connectivity index (χ0n) is 10.2. The van der Waals surface area contributed by atoms with Crippen molar-refractivity contribution in [2.75, 3.05) is 13.2 Å². The molecule has 4 heteroatoms. The molecule has 0 radical (unpaired) electrons. The molecule has 1 aliphatic carbocycles. The molecule has 0 heterocycles. The van der Waals surface area contributed by atoms with E-state index in [1.54, 1.807) is 6.92 Å². The molecule has 0 aromatic carbocycles. The van der Waals surface area contributed by atoms with Crippen LogP contribution in [0, 0.1) is 5.92 Å². The maximum absolute atomic E-state index is 11.3. The summed E-state index contributed by atoms with van der Waals surface area (Å²) in [5, 5.41) is 0. The van der Waals surface area contributed by atoms with Crippen LogP contribution in [0.3, 0.4) is 0 Å². The monoisotopic (exact) mass is 227 g/mol. The van der Waals surface area contributed by atoms with Gasteiger partial charge in [0.1, 0.15) is 0 Å². The molecular formula is C12H21NO3. The molecule has 92 valence electrons. The van der Waals surface area contributed by atoms with E-state index >= 15 is 0 Å². The lowest BCUT2D eigenvalue weighted by molar-refractivity contribution is 0.161. The van der Waals surface area contributed by atoms with Gasteiger partial charge in [-0.05, 0) is 26.7 Å². The molecule has 16 heavy (non-hydrogen) atoms. The topological polar surface area (TPSA) is 47.9 Å². The minimum atomic E-state index is -0.531. The molecule has 0 N–H and O–H groups in total. The summed E-state index contributed by atoms with van der Waals surface area (Å²) in [6.45, 7) is 4.58. The summed E-state index contributed by atoms with van der Waals surface area (Å²) in [6.07, 6.45) is 5.27. The summed E-state index contributed by atoms with van der Waals surface area (Å²) in [7, 11) is 0. The van der Waals surface area contributed by atoms with E-state index in [9.17, 15) is 4.79 Å². The maximum atomic E-state index is 11.3. The maximum Gasteiger partial charge on any atom is 0.436 e. The van der Waals surface area contributed by atoms with Gasteiger partial charge in [0, 0.05) is 5.92 Å². The van der Waals surface area contributed by atoms with Crippen molar-refractivity contribution in [1.82, 2.24) is 0 Å². The summed E-state index contributed by atoms with van der Waals surface area (Å²) in [6, 6.07) is 0. The van der Waals surface area contributed by atoms with Gasteiger partial charge in [-0.1, -0.05) is 19.3 Å². The second kappa shape index (κ2) is 7.25. The number of rotatable bonds is 3. The first-order valence-corrected chi connectivity index (χ1v) is 6.16. The lowest BCUT2D eigenvalue weighted by atomic mass is 9.89. The SMILES string of the molecule is CCOC(=O)N=C(OCC)C1CCCCC1. The molecule has 1 rings (SSSR count). The first-order chi connectivity index (χ1) is 7.77. The predicted octanol–water partition coefficient (Wildman–Crippen LogP) is 3.16. The van der Waals surface area contributed by atoms with Gasteiger partial charge in [0.25, 0.3) is 0 Å². The van der Waals surface area contributed by atoms with E-state index in [-0.39, 0.29) is 0 Å². The van der Waals surface area contributed by atoms with Gasteiger partial charge in [-0.15, -0.1) is 4.99 Å². The Bertz CT molecular complexity index is 245. The lowest BCUT2D eigenvalue weighted by Crippen LogP contribution is -2.22. The number of nitrogens with zero attached hydrogens (tertiary/aromatic N) is 1. The fourth-order valence-corrected chi connectivity index (χ4v) is 1.98. The lowest BCUT2D eigenvalue weighted by Gasteiger charge is -2.22. The summed E-state index contributed by atoms with van der Waals surface area (Å²) in [5.74, 6) is 0.874. The smallest absolute Gasteiger partial charge is 0.436 e. The zero-order valence-corrected chi connectivity index (χ0v) is 10.2. The summed E-state index contributed by atoms with van der Waals surface area (Å²) < 4.78 is 10.3. The summed E-state index contributed by atoms with van der Waals surface area (Å²) in [4.78, 5) is 15.2. The highest BCUT2D eigenvalue weighted by Gasteiger charge is 2.21. The average Bonchev–Trinajstić information content (AvgIpc) is 2.30. The average molecular weight is 227 g/mol. The van der Waals surface area contributed by atoms with Crippen LogP contribution in [0.25, 0.3) is 0 Å². The highest BCUT2D eigenvalue weighted by molar-refractivity contribution is 5.89. The number of amides is 1. The quantitative estimate of drug-likeness (QED) is 0.549. The molecule has 0 unspecified atom stereocenters. The number of aliphatic imine (C=N–C) groups is 1. The second-order valence-electron chi connectivity index (χ2n) is 3.92. The minimum absolute atomic E-state index is 0.304. The van der Waals surface area contributed by atoms with Gasteiger partial charge < -0.3 is 9.47 Å². The number of ether oxygens (including phenoxy) is 2. The first kappa shape index (κ1) is 13.0. The van der Waals surface area contributed by atoms with Gasteiger partial charge in [-0.25, -0.2) is 4.79 Å². The number of hydrogen-bond donors (Lipinski definition) is 0. The minimum Gasteiger partial charge on any atom is -0.481 e. The molecule has 1 saturated carbocycles. The fourth-order valence-electron chi connectivity index (χ4n) is 1.98. The van der Waals surface area contributed by atoms with Crippen LogP contribution in [0.5, 0.6) is 0 Å². The Labute approximate surface area is 97.0 Å². The molecule has 1 amide bonds. The molecule has 0 spiro atoms. The van der Waals surface area contributed by atoms with Crippen molar-refractivity contribution >= 4 is 12.0 Å². The van der Waals surface area contributed by atoms with Gasteiger partial charge in [-0.2, -0.15) is 0 Å². The third-order valence-corrected chi connectivity index (χ3v) is 2.72. The van der Waals surface area contributed by atoms with Crippen LogP contribution in [0.2, 0.25) is 0 Å². The van der Waals surface area contributed by atoms with Crippen LogP contribution >= 0.6 is 0 Å². The molecule has 1 aliphatic rings. The number of hydrogen-bond acceptors (Lipinski definition) is 3. The third kappa shape index (κ3) is 4.21. The van der Waals surface area contributed by atoms with Gasteiger partial charge in [0.15, 0.2) is 5.90 Å². The fraction of sp³-hybridized carbons (Fsp3) is 0.833. The third-order valence-electron chi connectivity index (χ3n) is 2.72. The van der Waals surface area contributed by atoms with E-state index < -0.39 is 6.09 Å². The molecule has 0 atom stereocenters. The molecular weight excluding hydrogens is 206 g/mol. The Morgan fingerprint density at radius 2 is 1.75 bits per heavy atom. The van der Waals surface area contributed by atoms with E-state index in [0.29, 0.717) is 25.0 Å². The Hall–Kier alpha value is -1.06. The van der Waals surface area contributed by atoms with Gasteiger partial charge >= 0.3 is 6.09 Å². The Morgan fingerprint density at radius 3 is 2.31 bits per heavy atom.